The lowest BCUT2D eigenvalue weighted by Crippen LogP contribution is -2.18. The Labute approximate surface area is 318 Å². The van der Waals surface area contributed by atoms with Gasteiger partial charge in [0.1, 0.15) is 11.2 Å². The van der Waals surface area contributed by atoms with Crippen LogP contribution in [0, 0.1) is 0 Å². The number of benzene rings is 7. The van der Waals surface area contributed by atoms with E-state index in [1.165, 1.54) is 68.6 Å². The predicted octanol–water partition coefficient (Wildman–Crippen LogP) is 14.7. The van der Waals surface area contributed by atoms with Crippen LogP contribution in [0.2, 0.25) is 0 Å². The first-order valence-corrected chi connectivity index (χ1v) is 19.6. The molecule has 1 heterocycles. The van der Waals surface area contributed by atoms with Gasteiger partial charge in [0.25, 0.3) is 0 Å². The van der Waals surface area contributed by atoms with Gasteiger partial charge in [-0.1, -0.05) is 144 Å². The van der Waals surface area contributed by atoms with Crippen molar-refractivity contribution in [2.75, 3.05) is 4.90 Å². The first-order chi connectivity index (χ1) is 26.2. The van der Waals surface area contributed by atoms with Crippen LogP contribution in [0.1, 0.15) is 75.3 Å². The van der Waals surface area contributed by atoms with Crippen LogP contribution in [0.4, 0.5) is 17.1 Å². The van der Waals surface area contributed by atoms with Crippen molar-refractivity contribution < 1.29 is 4.42 Å². The Hall–Kier alpha value is -5.86. The number of fused-ring (bicyclic) bond motifs is 9. The smallest absolute Gasteiger partial charge is 0.143 e. The van der Waals surface area contributed by atoms with Gasteiger partial charge in [-0.15, -0.1) is 0 Å². The SMILES string of the molecule is CCCCc1ccc2c(c1)C(C)(C)c1cc(N(c3ccc(-c4cccc5c4oc4ccccc45)cc3)c3ccc4c(c3)C(C)(C)c3ccccc3-4)ccc1-2. The van der Waals surface area contributed by atoms with Crippen molar-refractivity contribution in [2.24, 2.45) is 0 Å². The van der Waals surface area contributed by atoms with Gasteiger partial charge in [0.2, 0.25) is 0 Å². The maximum atomic E-state index is 6.45. The van der Waals surface area contributed by atoms with Crippen LogP contribution >= 0.6 is 0 Å². The molecule has 0 saturated carbocycles. The van der Waals surface area contributed by atoms with E-state index in [4.69, 9.17) is 4.42 Å². The molecule has 0 N–H and O–H groups in total. The number of rotatable bonds is 7. The molecule has 0 atom stereocenters. The summed E-state index contributed by atoms with van der Waals surface area (Å²) in [5, 5.41) is 2.30. The van der Waals surface area contributed by atoms with Crippen LogP contribution < -0.4 is 4.90 Å². The lowest BCUT2D eigenvalue weighted by atomic mass is 9.81. The number of para-hydroxylation sites is 2. The predicted molar refractivity (Wildman–Crippen MR) is 228 cm³/mol. The zero-order valence-electron chi connectivity index (χ0n) is 31.8. The second-order valence-electron chi connectivity index (χ2n) is 16.4. The maximum Gasteiger partial charge on any atom is 0.143 e. The molecule has 0 unspecified atom stereocenters. The van der Waals surface area contributed by atoms with Gasteiger partial charge in [-0.25, -0.2) is 0 Å². The molecular formula is C52H45NO. The molecule has 0 radical (unpaired) electrons. The van der Waals surface area contributed by atoms with Crippen LogP contribution in [0.3, 0.4) is 0 Å². The van der Waals surface area contributed by atoms with E-state index in [0.717, 1.165) is 50.9 Å². The van der Waals surface area contributed by atoms with Gasteiger partial charge >= 0.3 is 0 Å². The van der Waals surface area contributed by atoms with E-state index >= 15 is 0 Å². The second-order valence-corrected chi connectivity index (χ2v) is 16.4. The molecule has 7 aromatic carbocycles. The fourth-order valence-electron chi connectivity index (χ4n) is 9.49. The third-order valence-electron chi connectivity index (χ3n) is 12.5. The van der Waals surface area contributed by atoms with Gasteiger partial charge in [0, 0.05) is 44.2 Å². The highest BCUT2D eigenvalue weighted by Crippen LogP contribution is 2.53. The number of aryl methyl sites for hydroxylation is 1. The van der Waals surface area contributed by atoms with Crippen LogP contribution in [-0.4, -0.2) is 0 Å². The monoisotopic (exact) mass is 699 g/mol. The number of unbranched alkanes of at least 4 members (excludes halogenated alkanes) is 1. The van der Waals surface area contributed by atoms with E-state index in [-0.39, 0.29) is 10.8 Å². The van der Waals surface area contributed by atoms with E-state index in [9.17, 15) is 0 Å². The Kier molecular flexibility index (Phi) is 7.33. The summed E-state index contributed by atoms with van der Waals surface area (Å²) in [5.74, 6) is 0. The largest absolute Gasteiger partial charge is 0.455 e. The summed E-state index contributed by atoms with van der Waals surface area (Å²) in [7, 11) is 0. The van der Waals surface area contributed by atoms with Gasteiger partial charge < -0.3 is 9.32 Å². The zero-order chi connectivity index (χ0) is 36.8. The van der Waals surface area contributed by atoms with Crippen molar-refractivity contribution in [3.05, 3.63) is 173 Å². The van der Waals surface area contributed by atoms with Crippen molar-refractivity contribution in [3.8, 4) is 33.4 Å². The van der Waals surface area contributed by atoms with Crippen LogP contribution in [0.5, 0.6) is 0 Å². The minimum absolute atomic E-state index is 0.0974. The third kappa shape index (κ3) is 4.86. The molecule has 54 heavy (non-hydrogen) atoms. The van der Waals surface area contributed by atoms with E-state index in [1.54, 1.807) is 0 Å². The molecule has 2 nitrogen and oxygen atoms in total. The van der Waals surface area contributed by atoms with Gasteiger partial charge in [-0.05, 0) is 111 Å². The molecule has 264 valence electrons. The number of hydrogen-bond acceptors (Lipinski definition) is 2. The highest BCUT2D eigenvalue weighted by molar-refractivity contribution is 6.09. The highest BCUT2D eigenvalue weighted by atomic mass is 16.3. The van der Waals surface area contributed by atoms with Crippen molar-refractivity contribution in [1.82, 2.24) is 0 Å². The lowest BCUT2D eigenvalue weighted by molar-refractivity contribution is 0.658. The van der Waals surface area contributed by atoms with Crippen LogP contribution in [-0.2, 0) is 17.3 Å². The fraction of sp³-hybridized carbons (Fsp3) is 0.192. The zero-order valence-corrected chi connectivity index (χ0v) is 31.8. The van der Waals surface area contributed by atoms with Crippen LogP contribution in [0.15, 0.2) is 150 Å². The minimum atomic E-state index is -0.106. The maximum absolute atomic E-state index is 6.45. The van der Waals surface area contributed by atoms with Crippen LogP contribution in [0.25, 0.3) is 55.3 Å². The number of furan rings is 1. The molecule has 2 aliphatic rings. The molecule has 0 fully saturated rings. The minimum Gasteiger partial charge on any atom is -0.455 e. The van der Waals surface area contributed by atoms with Crippen molar-refractivity contribution in [2.45, 2.75) is 64.7 Å². The van der Waals surface area contributed by atoms with Gasteiger partial charge in [-0.2, -0.15) is 0 Å². The molecule has 1 aromatic heterocycles. The van der Waals surface area contributed by atoms with E-state index in [0.29, 0.717) is 0 Å². The summed E-state index contributed by atoms with van der Waals surface area (Å²) in [6.45, 7) is 11.8. The summed E-state index contributed by atoms with van der Waals surface area (Å²) in [6.07, 6.45) is 3.57. The normalized spacial score (nSPS) is 14.5. The van der Waals surface area contributed by atoms with E-state index in [1.807, 2.05) is 6.07 Å². The Bertz CT molecular complexity index is 2760. The first-order valence-electron chi connectivity index (χ1n) is 19.6. The van der Waals surface area contributed by atoms with Crippen molar-refractivity contribution in [3.63, 3.8) is 0 Å². The second kappa shape index (κ2) is 12.1. The lowest BCUT2D eigenvalue weighted by Gasteiger charge is -2.30. The molecule has 2 aliphatic carbocycles. The molecule has 0 amide bonds. The Morgan fingerprint density at radius 1 is 0.481 bits per heavy atom. The average molecular weight is 700 g/mol. The molecule has 0 spiro atoms. The van der Waals surface area contributed by atoms with E-state index in [2.05, 4.69) is 179 Å². The summed E-state index contributed by atoms with van der Waals surface area (Å²) >= 11 is 0. The summed E-state index contributed by atoms with van der Waals surface area (Å²) < 4.78 is 6.45. The molecule has 0 saturated heterocycles. The molecule has 8 aromatic rings. The molecular weight excluding hydrogens is 655 g/mol. The van der Waals surface area contributed by atoms with Crippen molar-refractivity contribution in [1.29, 1.82) is 0 Å². The fourth-order valence-corrected chi connectivity index (χ4v) is 9.49. The topological polar surface area (TPSA) is 16.4 Å². The molecule has 0 aliphatic heterocycles. The van der Waals surface area contributed by atoms with Gasteiger partial charge in [0.15, 0.2) is 0 Å². The van der Waals surface area contributed by atoms with E-state index < -0.39 is 0 Å². The third-order valence-corrected chi connectivity index (χ3v) is 12.5. The number of hydrogen-bond donors (Lipinski definition) is 0. The summed E-state index contributed by atoms with van der Waals surface area (Å²) in [5.41, 5.74) is 19.8. The standard InChI is InChI=1S/C52H45NO/c1-6-7-13-33-20-27-40-42-29-26-37(32-48(42)52(4,5)46(40)30-33)53(36-25-28-41-39-14-8-10-18-45(39)51(2,3)47(41)31-36)35-23-21-34(22-24-35)38-16-12-17-44-43-15-9-11-19-49(43)54-50(38)44/h8-12,14-32H,6-7,13H2,1-5H3. The first kappa shape index (κ1) is 32.8. The Balaban J connectivity index is 1.11. The van der Waals surface area contributed by atoms with Gasteiger partial charge in [-0.3, -0.25) is 0 Å². The summed E-state index contributed by atoms with van der Waals surface area (Å²) in [6, 6.07) is 54.2. The number of nitrogens with zero attached hydrogens (tertiary/aromatic N) is 1. The summed E-state index contributed by atoms with van der Waals surface area (Å²) in [4.78, 5) is 2.46. The highest BCUT2D eigenvalue weighted by Gasteiger charge is 2.38. The quantitative estimate of drug-likeness (QED) is 0.165. The molecule has 0 bridgehead atoms. The Morgan fingerprint density at radius 2 is 1.04 bits per heavy atom. The Morgan fingerprint density at radius 3 is 1.76 bits per heavy atom. The van der Waals surface area contributed by atoms with Gasteiger partial charge in [0.05, 0.1) is 0 Å². The molecule has 2 heteroatoms. The average Bonchev–Trinajstić information content (AvgIpc) is 3.77. The number of anilines is 3. The van der Waals surface area contributed by atoms with Crippen molar-refractivity contribution >= 4 is 39.0 Å². The molecule has 10 rings (SSSR count).